The molecular weight excluding hydrogens is 273 g/mol. The molecule has 0 atom stereocenters. The van der Waals surface area contributed by atoms with Gasteiger partial charge < -0.3 is 5.11 Å². The Morgan fingerprint density at radius 1 is 1.32 bits per heavy atom. The molecule has 2 aromatic rings. The molecule has 0 aliphatic rings. The fraction of sp³-hybridized carbons (Fsp3) is 0.0769. The Bertz CT molecular complexity index is 697. The highest BCUT2D eigenvalue weighted by molar-refractivity contribution is 6.30. The molecule has 0 aliphatic carbocycles. The number of hydrogen-bond donors (Lipinski definition) is 1. The third-order valence-electron chi connectivity index (χ3n) is 2.61. The first-order valence-corrected chi connectivity index (χ1v) is 5.74. The number of aromatic nitrogens is 1. The Morgan fingerprint density at radius 2 is 2.05 bits per heavy atom. The average molecular weight is 282 g/mol. The highest BCUT2D eigenvalue weighted by atomic mass is 35.5. The van der Waals surface area contributed by atoms with E-state index in [1.807, 2.05) is 0 Å². The molecule has 0 amide bonds. The molecule has 1 aromatic heterocycles. The van der Waals surface area contributed by atoms with Gasteiger partial charge in [-0.3, -0.25) is 9.36 Å². The number of carboxylic acid groups (broad SMARTS) is 1. The van der Waals surface area contributed by atoms with Crippen LogP contribution < -0.4 is 5.56 Å². The number of hydrogen-bond acceptors (Lipinski definition) is 2. The number of pyridine rings is 1. The molecular formula is C13H9ClFNO3. The molecule has 2 rings (SSSR count). The standard InChI is InChI=1S/C13H9ClFNO3/c14-9-5-4-8(10(15)6-9)7-16-11(13(18)19)2-1-3-12(16)17/h1-6H,7H2,(H,18,19). The van der Waals surface area contributed by atoms with Gasteiger partial charge in [0.1, 0.15) is 11.5 Å². The normalized spacial score (nSPS) is 10.4. The van der Waals surface area contributed by atoms with Gasteiger partial charge in [-0.25, -0.2) is 9.18 Å². The minimum atomic E-state index is -1.24. The molecule has 0 bridgehead atoms. The average Bonchev–Trinajstić information content (AvgIpc) is 2.34. The smallest absolute Gasteiger partial charge is 0.352 e. The second-order valence-corrected chi connectivity index (χ2v) is 4.31. The van der Waals surface area contributed by atoms with Gasteiger partial charge in [0.15, 0.2) is 0 Å². The minimum absolute atomic E-state index is 0.162. The van der Waals surface area contributed by atoms with Gasteiger partial charge in [-0.1, -0.05) is 23.7 Å². The number of rotatable bonds is 3. The van der Waals surface area contributed by atoms with E-state index < -0.39 is 17.3 Å². The van der Waals surface area contributed by atoms with Crippen LogP contribution in [-0.2, 0) is 6.54 Å². The summed E-state index contributed by atoms with van der Waals surface area (Å²) in [6.07, 6.45) is 0. The van der Waals surface area contributed by atoms with Gasteiger partial charge in [0.05, 0.1) is 6.54 Å². The molecule has 0 unspecified atom stereocenters. The van der Waals surface area contributed by atoms with Gasteiger partial charge in [-0.2, -0.15) is 0 Å². The summed E-state index contributed by atoms with van der Waals surface area (Å²) in [6, 6.07) is 7.88. The first-order valence-electron chi connectivity index (χ1n) is 5.36. The zero-order valence-electron chi connectivity index (χ0n) is 9.64. The number of carboxylic acids is 1. The lowest BCUT2D eigenvalue weighted by Gasteiger charge is -2.10. The van der Waals surface area contributed by atoms with Crippen LogP contribution in [0.25, 0.3) is 0 Å². The van der Waals surface area contributed by atoms with Gasteiger partial charge in [0, 0.05) is 16.7 Å². The number of halogens is 2. The number of benzene rings is 1. The van der Waals surface area contributed by atoms with Crippen molar-refractivity contribution in [2.24, 2.45) is 0 Å². The maximum Gasteiger partial charge on any atom is 0.352 e. The van der Waals surface area contributed by atoms with E-state index in [0.717, 1.165) is 10.6 Å². The van der Waals surface area contributed by atoms with Gasteiger partial charge in [-0.05, 0) is 18.2 Å². The van der Waals surface area contributed by atoms with E-state index in [1.54, 1.807) is 0 Å². The van der Waals surface area contributed by atoms with Crippen LogP contribution in [-0.4, -0.2) is 15.6 Å². The predicted molar refractivity (Wildman–Crippen MR) is 68.2 cm³/mol. The summed E-state index contributed by atoms with van der Waals surface area (Å²) >= 11 is 5.63. The number of nitrogens with zero attached hydrogens (tertiary/aromatic N) is 1. The topological polar surface area (TPSA) is 59.3 Å². The van der Waals surface area contributed by atoms with E-state index in [-0.39, 0.29) is 22.8 Å². The van der Waals surface area contributed by atoms with Crippen molar-refractivity contribution in [1.29, 1.82) is 0 Å². The van der Waals surface area contributed by atoms with Gasteiger partial charge in [0.25, 0.3) is 5.56 Å². The lowest BCUT2D eigenvalue weighted by atomic mass is 10.2. The SMILES string of the molecule is O=C(O)c1cccc(=O)n1Cc1ccc(Cl)cc1F. The molecule has 1 N–H and O–H groups in total. The van der Waals surface area contributed by atoms with Crippen LogP contribution in [0.4, 0.5) is 4.39 Å². The molecule has 0 fully saturated rings. The Labute approximate surface area is 112 Å². The third kappa shape index (κ3) is 2.82. The molecule has 0 radical (unpaired) electrons. The van der Waals surface area contributed by atoms with Crippen molar-refractivity contribution in [1.82, 2.24) is 4.57 Å². The molecule has 1 aromatic carbocycles. The fourth-order valence-electron chi connectivity index (χ4n) is 1.69. The zero-order valence-corrected chi connectivity index (χ0v) is 10.4. The van der Waals surface area contributed by atoms with E-state index in [9.17, 15) is 14.0 Å². The van der Waals surface area contributed by atoms with Crippen LogP contribution in [0, 0.1) is 5.82 Å². The summed E-state index contributed by atoms with van der Waals surface area (Å²) in [4.78, 5) is 22.7. The van der Waals surface area contributed by atoms with E-state index in [4.69, 9.17) is 16.7 Å². The van der Waals surface area contributed by atoms with Crippen molar-refractivity contribution >= 4 is 17.6 Å². The monoisotopic (exact) mass is 281 g/mol. The Hall–Kier alpha value is -2.14. The second-order valence-electron chi connectivity index (χ2n) is 3.88. The van der Waals surface area contributed by atoms with Crippen LogP contribution in [0.1, 0.15) is 16.1 Å². The van der Waals surface area contributed by atoms with Crippen molar-refractivity contribution in [2.45, 2.75) is 6.54 Å². The van der Waals surface area contributed by atoms with E-state index in [2.05, 4.69) is 0 Å². The first-order chi connectivity index (χ1) is 8.99. The van der Waals surface area contributed by atoms with E-state index in [0.29, 0.717) is 0 Å². The quantitative estimate of drug-likeness (QED) is 0.940. The minimum Gasteiger partial charge on any atom is -0.477 e. The second kappa shape index (κ2) is 5.24. The van der Waals surface area contributed by atoms with Crippen molar-refractivity contribution in [2.75, 3.05) is 0 Å². The lowest BCUT2D eigenvalue weighted by molar-refractivity contribution is 0.0684. The Balaban J connectivity index is 2.49. The highest BCUT2D eigenvalue weighted by Crippen LogP contribution is 2.15. The molecule has 0 saturated carbocycles. The van der Waals surface area contributed by atoms with Crippen molar-refractivity contribution in [3.05, 3.63) is 68.8 Å². The molecule has 0 spiro atoms. The maximum absolute atomic E-state index is 13.7. The molecule has 19 heavy (non-hydrogen) atoms. The highest BCUT2D eigenvalue weighted by Gasteiger charge is 2.12. The molecule has 98 valence electrons. The zero-order chi connectivity index (χ0) is 14.0. The van der Waals surface area contributed by atoms with Crippen LogP contribution in [0.15, 0.2) is 41.2 Å². The summed E-state index contributed by atoms with van der Waals surface area (Å²) in [5.41, 5.74) is -0.503. The number of aromatic carboxylic acids is 1. The van der Waals surface area contributed by atoms with Crippen LogP contribution in [0.2, 0.25) is 5.02 Å². The number of carbonyl (C=O) groups is 1. The maximum atomic E-state index is 13.7. The van der Waals surface area contributed by atoms with Crippen molar-refractivity contribution < 1.29 is 14.3 Å². The predicted octanol–water partition coefficient (Wildman–Crippen LogP) is 2.39. The van der Waals surface area contributed by atoms with Crippen LogP contribution in [0.3, 0.4) is 0 Å². The Kier molecular flexibility index (Phi) is 3.66. The van der Waals surface area contributed by atoms with E-state index >= 15 is 0 Å². The largest absolute Gasteiger partial charge is 0.477 e. The summed E-state index contributed by atoms with van der Waals surface area (Å²) in [5, 5.41) is 9.24. The van der Waals surface area contributed by atoms with Gasteiger partial charge >= 0.3 is 5.97 Å². The fourth-order valence-corrected chi connectivity index (χ4v) is 1.85. The van der Waals surface area contributed by atoms with E-state index in [1.165, 1.54) is 30.3 Å². The van der Waals surface area contributed by atoms with Crippen LogP contribution >= 0.6 is 11.6 Å². The molecule has 0 saturated heterocycles. The van der Waals surface area contributed by atoms with Crippen molar-refractivity contribution in [3.63, 3.8) is 0 Å². The summed E-state index contributed by atoms with van der Waals surface area (Å²) in [5.74, 6) is -1.83. The van der Waals surface area contributed by atoms with Crippen LogP contribution in [0.5, 0.6) is 0 Å². The molecule has 6 heteroatoms. The van der Waals surface area contributed by atoms with Gasteiger partial charge in [0.2, 0.25) is 0 Å². The molecule has 0 aliphatic heterocycles. The first kappa shape index (κ1) is 13.3. The summed E-state index contributed by atoms with van der Waals surface area (Å²) in [7, 11) is 0. The molecule has 1 heterocycles. The molecule has 4 nitrogen and oxygen atoms in total. The lowest BCUT2D eigenvalue weighted by Crippen LogP contribution is -2.25. The summed E-state index contributed by atoms with van der Waals surface area (Å²) < 4.78 is 14.6. The third-order valence-corrected chi connectivity index (χ3v) is 2.85. The van der Waals surface area contributed by atoms with Gasteiger partial charge in [-0.15, -0.1) is 0 Å². The Morgan fingerprint density at radius 3 is 2.68 bits per heavy atom. The van der Waals surface area contributed by atoms with Crippen molar-refractivity contribution in [3.8, 4) is 0 Å². The summed E-state index contributed by atoms with van der Waals surface area (Å²) in [6.45, 7) is -0.162.